The Balaban J connectivity index is 1.89. The fraction of sp³-hybridized carbons (Fsp3) is 0.500. The van der Waals surface area contributed by atoms with Gasteiger partial charge in [-0.05, 0) is 39.3 Å². The molecule has 0 aromatic heterocycles. The van der Waals surface area contributed by atoms with Gasteiger partial charge in [-0.1, -0.05) is 12.1 Å². The number of benzene rings is 1. The number of carboxylic acid groups (broad SMARTS) is 1. The van der Waals surface area contributed by atoms with Gasteiger partial charge < -0.3 is 20.1 Å². The molecule has 0 bridgehead atoms. The van der Waals surface area contributed by atoms with Crippen LogP contribution in [0.5, 0.6) is 5.75 Å². The lowest BCUT2D eigenvalue weighted by molar-refractivity contribution is -0.147. The first-order chi connectivity index (χ1) is 11.7. The molecule has 1 heterocycles. The van der Waals surface area contributed by atoms with E-state index in [-0.39, 0.29) is 31.3 Å². The highest BCUT2D eigenvalue weighted by Gasteiger charge is 2.31. The van der Waals surface area contributed by atoms with Crippen LogP contribution in [0, 0.1) is 5.41 Å². The lowest BCUT2D eigenvalue weighted by Crippen LogP contribution is -2.46. The highest BCUT2D eigenvalue weighted by molar-refractivity contribution is 6.00. The number of rotatable bonds is 7. The molecule has 7 heteroatoms. The molecule has 1 aliphatic heterocycles. The van der Waals surface area contributed by atoms with Gasteiger partial charge in [0, 0.05) is 19.5 Å². The summed E-state index contributed by atoms with van der Waals surface area (Å²) in [7, 11) is 0. The summed E-state index contributed by atoms with van der Waals surface area (Å²) < 4.78 is 5.56. The first-order valence-corrected chi connectivity index (χ1v) is 8.29. The number of fused-ring (bicyclic) bond motifs is 1. The quantitative estimate of drug-likeness (QED) is 0.783. The van der Waals surface area contributed by atoms with Crippen molar-refractivity contribution in [3.05, 3.63) is 24.3 Å². The largest absolute Gasteiger partial charge is 0.481 e. The number of carbonyl (C=O) groups excluding carboxylic acids is 2. The number of hydrogen-bond acceptors (Lipinski definition) is 4. The van der Waals surface area contributed by atoms with Crippen LogP contribution < -0.4 is 15.0 Å². The van der Waals surface area contributed by atoms with Crippen molar-refractivity contribution in [1.82, 2.24) is 5.32 Å². The van der Waals surface area contributed by atoms with E-state index in [4.69, 9.17) is 9.84 Å². The van der Waals surface area contributed by atoms with E-state index in [0.29, 0.717) is 17.9 Å². The second-order valence-corrected chi connectivity index (χ2v) is 6.76. The molecule has 1 aromatic rings. The molecule has 0 saturated carbocycles. The van der Waals surface area contributed by atoms with Crippen molar-refractivity contribution in [3.63, 3.8) is 0 Å². The van der Waals surface area contributed by atoms with Crippen LogP contribution in [0.3, 0.4) is 0 Å². The van der Waals surface area contributed by atoms with E-state index in [0.717, 1.165) is 0 Å². The molecule has 0 fully saturated rings. The molecule has 1 unspecified atom stereocenters. The van der Waals surface area contributed by atoms with Crippen molar-refractivity contribution in [2.24, 2.45) is 5.41 Å². The van der Waals surface area contributed by atoms with Gasteiger partial charge in [-0.25, -0.2) is 0 Å². The van der Waals surface area contributed by atoms with E-state index in [1.54, 1.807) is 37.8 Å². The van der Waals surface area contributed by atoms with Crippen molar-refractivity contribution in [2.75, 3.05) is 18.0 Å². The van der Waals surface area contributed by atoms with Gasteiger partial charge in [0.1, 0.15) is 5.75 Å². The molecular weight excluding hydrogens is 324 g/mol. The fourth-order valence-electron chi connectivity index (χ4n) is 2.51. The number of anilines is 1. The summed E-state index contributed by atoms with van der Waals surface area (Å²) in [6.07, 6.45) is -0.112. The number of amides is 2. The van der Waals surface area contributed by atoms with E-state index < -0.39 is 17.5 Å². The monoisotopic (exact) mass is 348 g/mol. The number of nitrogens with zero attached hydrogens (tertiary/aromatic N) is 1. The Morgan fingerprint density at radius 1 is 1.32 bits per heavy atom. The maximum absolute atomic E-state index is 12.3. The molecule has 1 atom stereocenters. The van der Waals surface area contributed by atoms with Crippen LogP contribution >= 0.6 is 0 Å². The normalized spacial score (nSPS) is 16.8. The molecule has 0 spiro atoms. The Labute approximate surface area is 147 Å². The zero-order valence-corrected chi connectivity index (χ0v) is 14.7. The molecule has 1 aromatic carbocycles. The number of carboxylic acids is 1. The summed E-state index contributed by atoms with van der Waals surface area (Å²) in [6.45, 7) is 5.44. The van der Waals surface area contributed by atoms with Gasteiger partial charge in [0.05, 0.1) is 11.1 Å². The van der Waals surface area contributed by atoms with Crippen molar-refractivity contribution in [3.8, 4) is 5.75 Å². The van der Waals surface area contributed by atoms with E-state index in [2.05, 4.69) is 5.32 Å². The minimum atomic E-state index is -0.897. The van der Waals surface area contributed by atoms with Gasteiger partial charge in [0.15, 0.2) is 6.10 Å². The van der Waals surface area contributed by atoms with Crippen LogP contribution in [0.25, 0.3) is 0 Å². The van der Waals surface area contributed by atoms with Crippen molar-refractivity contribution in [2.45, 2.75) is 39.7 Å². The molecule has 0 radical (unpaired) electrons. The average molecular weight is 348 g/mol. The number of nitrogens with one attached hydrogen (secondary N) is 1. The summed E-state index contributed by atoms with van der Waals surface area (Å²) in [5, 5.41) is 11.8. The lowest BCUT2D eigenvalue weighted by atomic mass is 9.90. The van der Waals surface area contributed by atoms with Crippen LogP contribution in [-0.2, 0) is 14.4 Å². The van der Waals surface area contributed by atoms with E-state index >= 15 is 0 Å². The molecule has 2 rings (SSSR count). The molecule has 1 aliphatic rings. The topological polar surface area (TPSA) is 95.9 Å². The Kier molecular flexibility index (Phi) is 5.66. The molecule has 0 saturated heterocycles. The van der Waals surface area contributed by atoms with Gasteiger partial charge in [-0.3, -0.25) is 14.4 Å². The molecule has 2 N–H and O–H groups in total. The van der Waals surface area contributed by atoms with Crippen LogP contribution in [0.1, 0.15) is 33.6 Å². The third kappa shape index (κ3) is 4.49. The summed E-state index contributed by atoms with van der Waals surface area (Å²) in [6, 6.07) is 7.22. The van der Waals surface area contributed by atoms with Gasteiger partial charge in [0.25, 0.3) is 5.91 Å². The lowest BCUT2D eigenvalue weighted by Gasteiger charge is -2.32. The van der Waals surface area contributed by atoms with Crippen molar-refractivity contribution >= 4 is 23.5 Å². The maximum atomic E-state index is 12.3. The Morgan fingerprint density at radius 2 is 2.00 bits per heavy atom. The number of hydrogen-bond donors (Lipinski definition) is 2. The zero-order chi connectivity index (χ0) is 18.6. The summed E-state index contributed by atoms with van der Waals surface area (Å²) in [5.41, 5.74) is -0.229. The van der Waals surface area contributed by atoms with Crippen LogP contribution in [-0.4, -0.2) is 42.1 Å². The standard InChI is InChI=1S/C18H24N2O5/c1-12-16(22)20(13-6-4-5-7-14(13)25-12)11-8-15(21)19-10-9-18(2,3)17(23)24/h4-7,12H,8-11H2,1-3H3,(H,19,21)(H,23,24). The van der Waals surface area contributed by atoms with Crippen LogP contribution in [0.4, 0.5) is 5.69 Å². The van der Waals surface area contributed by atoms with Gasteiger partial charge >= 0.3 is 5.97 Å². The van der Waals surface area contributed by atoms with E-state index in [9.17, 15) is 14.4 Å². The number of ether oxygens (including phenoxy) is 1. The van der Waals surface area contributed by atoms with Crippen molar-refractivity contribution < 1.29 is 24.2 Å². The van der Waals surface area contributed by atoms with Crippen molar-refractivity contribution in [1.29, 1.82) is 0 Å². The summed E-state index contributed by atoms with van der Waals surface area (Å²) in [4.78, 5) is 36.9. The first kappa shape index (κ1) is 18.8. The van der Waals surface area contributed by atoms with Crippen LogP contribution in [0.15, 0.2) is 24.3 Å². The van der Waals surface area contributed by atoms with E-state index in [1.165, 1.54) is 0 Å². The Hall–Kier alpha value is -2.57. The highest BCUT2D eigenvalue weighted by atomic mass is 16.5. The number of carbonyl (C=O) groups is 3. The Morgan fingerprint density at radius 3 is 2.68 bits per heavy atom. The van der Waals surface area contributed by atoms with Gasteiger partial charge in [0.2, 0.25) is 5.91 Å². The molecular formula is C18H24N2O5. The van der Waals surface area contributed by atoms with Gasteiger partial charge in [-0.15, -0.1) is 0 Å². The Bertz CT molecular complexity index is 671. The predicted molar refractivity (Wildman–Crippen MR) is 92.5 cm³/mol. The third-order valence-electron chi connectivity index (χ3n) is 4.29. The predicted octanol–water partition coefficient (Wildman–Crippen LogP) is 1.81. The second-order valence-electron chi connectivity index (χ2n) is 6.76. The summed E-state index contributed by atoms with van der Waals surface area (Å²) in [5.74, 6) is -0.673. The number of aliphatic carboxylic acids is 1. The minimum absolute atomic E-state index is 0.139. The maximum Gasteiger partial charge on any atom is 0.309 e. The fourth-order valence-corrected chi connectivity index (χ4v) is 2.51. The average Bonchev–Trinajstić information content (AvgIpc) is 2.55. The first-order valence-electron chi connectivity index (χ1n) is 8.29. The molecule has 0 aliphatic carbocycles. The van der Waals surface area contributed by atoms with Gasteiger partial charge in [-0.2, -0.15) is 0 Å². The molecule has 25 heavy (non-hydrogen) atoms. The minimum Gasteiger partial charge on any atom is -0.481 e. The number of para-hydroxylation sites is 2. The second kappa shape index (κ2) is 7.55. The van der Waals surface area contributed by atoms with Crippen LogP contribution in [0.2, 0.25) is 0 Å². The SMILES string of the molecule is CC1Oc2ccccc2N(CCC(=O)NCCC(C)(C)C(=O)O)C1=O. The van der Waals surface area contributed by atoms with E-state index in [1.807, 2.05) is 12.1 Å². The molecule has 136 valence electrons. The zero-order valence-electron chi connectivity index (χ0n) is 14.7. The third-order valence-corrected chi connectivity index (χ3v) is 4.29. The summed E-state index contributed by atoms with van der Waals surface area (Å²) >= 11 is 0. The smallest absolute Gasteiger partial charge is 0.309 e. The highest BCUT2D eigenvalue weighted by Crippen LogP contribution is 2.33. The molecule has 7 nitrogen and oxygen atoms in total. The molecule has 2 amide bonds.